The molecule has 0 saturated carbocycles. The molecule has 0 aromatic heterocycles. The van der Waals surface area contributed by atoms with Crippen molar-refractivity contribution in [3.8, 4) is 0 Å². The van der Waals surface area contributed by atoms with Crippen LogP contribution in [0.15, 0.2) is 0 Å². The first-order valence-corrected chi connectivity index (χ1v) is 7.00. The number of amides is 1. The maximum absolute atomic E-state index is 11.3. The second-order valence-corrected chi connectivity index (χ2v) is 4.27. The Balaban J connectivity index is 3.26. The number of rotatable bonds is 15. The molecule has 9 nitrogen and oxygen atoms in total. The van der Waals surface area contributed by atoms with Crippen LogP contribution in [0.4, 0.5) is 0 Å². The zero-order chi connectivity index (χ0) is 16.6. The quantitative estimate of drug-likeness (QED) is 0.273. The van der Waals surface area contributed by atoms with E-state index in [4.69, 9.17) is 35.2 Å². The minimum absolute atomic E-state index is 0.0609. The minimum Gasteiger partial charge on any atom is -0.462 e. The number of ether oxygens (including phenoxy) is 5. The van der Waals surface area contributed by atoms with Crippen molar-refractivity contribution in [3.63, 3.8) is 0 Å². The van der Waals surface area contributed by atoms with Crippen molar-refractivity contribution >= 4 is 11.9 Å². The van der Waals surface area contributed by atoms with Gasteiger partial charge >= 0.3 is 5.97 Å². The average molecular weight is 322 g/mol. The smallest absolute Gasteiger partial charge is 0.323 e. The van der Waals surface area contributed by atoms with Crippen LogP contribution in [0.25, 0.3) is 0 Å². The third kappa shape index (κ3) is 13.7. The van der Waals surface area contributed by atoms with Gasteiger partial charge in [0.1, 0.15) is 12.6 Å². The van der Waals surface area contributed by atoms with Gasteiger partial charge in [-0.1, -0.05) is 0 Å². The van der Waals surface area contributed by atoms with Gasteiger partial charge in [0.25, 0.3) is 0 Å². The van der Waals surface area contributed by atoms with Crippen molar-refractivity contribution in [1.82, 2.24) is 0 Å². The van der Waals surface area contributed by atoms with Crippen molar-refractivity contribution in [2.45, 2.75) is 12.5 Å². The first-order chi connectivity index (χ1) is 10.6. The highest BCUT2D eigenvalue weighted by atomic mass is 16.6. The Morgan fingerprint density at radius 1 is 0.864 bits per heavy atom. The number of nitrogens with two attached hydrogens (primary N) is 2. The molecule has 0 aromatic carbocycles. The summed E-state index contributed by atoms with van der Waals surface area (Å²) in [5.41, 5.74) is 10.3. The molecule has 0 radical (unpaired) electrons. The van der Waals surface area contributed by atoms with E-state index in [2.05, 4.69) is 0 Å². The maximum atomic E-state index is 11.3. The monoisotopic (exact) mass is 322 g/mol. The lowest BCUT2D eigenvalue weighted by Gasteiger charge is -2.10. The van der Waals surface area contributed by atoms with Gasteiger partial charge in [-0.2, -0.15) is 0 Å². The van der Waals surface area contributed by atoms with E-state index in [-0.39, 0.29) is 19.6 Å². The van der Waals surface area contributed by atoms with Gasteiger partial charge in [0.2, 0.25) is 5.91 Å². The lowest BCUT2D eigenvalue weighted by atomic mass is 10.2. The van der Waals surface area contributed by atoms with Gasteiger partial charge in [0.15, 0.2) is 0 Å². The molecule has 0 fully saturated rings. The van der Waals surface area contributed by atoms with Gasteiger partial charge < -0.3 is 35.2 Å². The molecule has 0 bridgehead atoms. The first kappa shape index (κ1) is 20.7. The summed E-state index contributed by atoms with van der Waals surface area (Å²) in [7, 11) is 1.61. The molecule has 0 aliphatic rings. The summed E-state index contributed by atoms with van der Waals surface area (Å²) in [6.07, 6.45) is -0.236. The van der Waals surface area contributed by atoms with Crippen LogP contribution < -0.4 is 11.5 Å². The lowest BCUT2D eigenvalue weighted by Crippen LogP contribution is -2.36. The predicted molar refractivity (Wildman–Crippen MR) is 77.1 cm³/mol. The van der Waals surface area contributed by atoms with Crippen molar-refractivity contribution < 1.29 is 33.3 Å². The fraction of sp³-hybridized carbons (Fsp3) is 0.846. The Morgan fingerprint density at radius 2 is 1.32 bits per heavy atom. The maximum Gasteiger partial charge on any atom is 0.323 e. The summed E-state index contributed by atoms with van der Waals surface area (Å²) in [5, 5.41) is 0. The molecule has 0 heterocycles. The zero-order valence-corrected chi connectivity index (χ0v) is 13.0. The van der Waals surface area contributed by atoms with E-state index < -0.39 is 17.9 Å². The van der Waals surface area contributed by atoms with E-state index in [0.29, 0.717) is 39.6 Å². The number of hydrogen-bond acceptors (Lipinski definition) is 8. The van der Waals surface area contributed by atoms with Gasteiger partial charge in [-0.25, -0.2) is 0 Å². The Bertz CT molecular complexity index is 302. The molecule has 1 amide bonds. The Labute approximate surface area is 130 Å². The SMILES string of the molecule is COCCOCCOCCOCCOC(=O)[C@@H](N)CC(N)=O. The summed E-state index contributed by atoms with van der Waals surface area (Å²) < 4.78 is 25.3. The highest BCUT2D eigenvalue weighted by Gasteiger charge is 2.17. The third-order valence-electron chi connectivity index (χ3n) is 2.37. The van der Waals surface area contributed by atoms with Crippen LogP contribution in [0.1, 0.15) is 6.42 Å². The summed E-state index contributed by atoms with van der Waals surface area (Å²) in [4.78, 5) is 21.9. The van der Waals surface area contributed by atoms with Crippen molar-refractivity contribution in [3.05, 3.63) is 0 Å². The van der Waals surface area contributed by atoms with Crippen LogP contribution in [0.2, 0.25) is 0 Å². The molecular weight excluding hydrogens is 296 g/mol. The highest BCUT2D eigenvalue weighted by molar-refractivity contribution is 5.84. The van der Waals surface area contributed by atoms with Gasteiger partial charge in [0, 0.05) is 7.11 Å². The largest absolute Gasteiger partial charge is 0.462 e. The topological polar surface area (TPSA) is 132 Å². The molecule has 0 rings (SSSR count). The van der Waals surface area contributed by atoms with Crippen LogP contribution in [0.5, 0.6) is 0 Å². The van der Waals surface area contributed by atoms with Crippen LogP contribution in [-0.2, 0) is 33.3 Å². The van der Waals surface area contributed by atoms with Crippen molar-refractivity contribution in [2.75, 3.05) is 60.0 Å². The Hall–Kier alpha value is -1.26. The second-order valence-electron chi connectivity index (χ2n) is 4.27. The lowest BCUT2D eigenvalue weighted by molar-refractivity contribution is -0.148. The van der Waals surface area contributed by atoms with Crippen LogP contribution in [0.3, 0.4) is 0 Å². The highest BCUT2D eigenvalue weighted by Crippen LogP contribution is 1.92. The number of primary amides is 1. The molecular formula is C13H26N2O7. The number of carbonyl (C=O) groups is 2. The first-order valence-electron chi connectivity index (χ1n) is 7.00. The van der Waals surface area contributed by atoms with Crippen molar-refractivity contribution in [2.24, 2.45) is 11.5 Å². The van der Waals surface area contributed by atoms with E-state index in [1.807, 2.05) is 0 Å². The molecule has 0 unspecified atom stereocenters. The van der Waals surface area contributed by atoms with E-state index in [1.165, 1.54) is 0 Å². The van der Waals surface area contributed by atoms with Crippen LogP contribution >= 0.6 is 0 Å². The Kier molecular flexibility index (Phi) is 13.8. The van der Waals surface area contributed by atoms with Gasteiger partial charge in [-0.3, -0.25) is 9.59 Å². The zero-order valence-electron chi connectivity index (χ0n) is 13.0. The second kappa shape index (κ2) is 14.7. The summed E-state index contributed by atoms with van der Waals surface area (Å²) in [5.74, 6) is -1.32. The molecule has 9 heteroatoms. The Morgan fingerprint density at radius 3 is 1.77 bits per heavy atom. The molecule has 0 aromatic rings. The van der Waals surface area contributed by atoms with E-state index >= 15 is 0 Å². The van der Waals surface area contributed by atoms with E-state index in [0.717, 1.165) is 0 Å². The number of carbonyl (C=O) groups excluding carboxylic acids is 2. The number of methoxy groups -OCH3 is 1. The number of hydrogen-bond donors (Lipinski definition) is 2. The summed E-state index contributed by atoms with van der Waals surface area (Å²) in [6, 6.07) is -1.03. The third-order valence-corrected chi connectivity index (χ3v) is 2.37. The average Bonchev–Trinajstić information content (AvgIpc) is 2.47. The molecule has 4 N–H and O–H groups in total. The molecule has 1 atom stereocenters. The fourth-order valence-corrected chi connectivity index (χ4v) is 1.29. The molecule has 0 aliphatic carbocycles. The van der Waals surface area contributed by atoms with Crippen LogP contribution in [0, 0.1) is 0 Å². The minimum atomic E-state index is -1.03. The normalized spacial score (nSPS) is 12.1. The molecule has 130 valence electrons. The fourth-order valence-electron chi connectivity index (χ4n) is 1.29. The van der Waals surface area contributed by atoms with E-state index in [9.17, 15) is 9.59 Å². The predicted octanol–water partition coefficient (Wildman–Crippen LogP) is -1.57. The molecule has 0 aliphatic heterocycles. The summed E-state index contributed by atoms with van der Waals surface area (Å²) >= 11 is 0. The number of esters is 1. The van der Waals surface area contributed by atoms with Gasteiger partial charge in [-0.15, -0.1) is 0 Å². The standard InChI is InChI=1S/C13H26N2O7/c1-18-2-3-19-4-5-20-6-7-21-8-9-22-13(17)11(14)10-12(15)16/h11H,2-10,14H2,1H3,(H2,15,16)/t11-/m0/s1. The molecule has 22 heavy (non-hydrogen) atoms. The molecule has 0 spiro atoms. The van der Waals surface area contributed by atoms with Crippen molar-refractivity contribution in [1.29, 1.82) is 0 Å². The van der Waals surface area contributed by atoms with Gasteiger partial charge in [-0.05, 0) is 0 Å². The molecule has 0 saturated heterocycles. The van der Waals surface area contributed by atoms with Gasteiger partial charge in [0.05, 0.1) is 52.7 Å². The van der Waals surface area contributed by atoms with Crippen LogP contribution in [-0.4, -0.2) is 77.9 Å². The summed E-state index contributed by atoms with van der Waals surface area (Å²) in [6.45, 7) is 3.16. The van der Waals surface area contributed by atoms with E-state index in [1.54, 1.807) is 7.11 Å².